The van der Waals surface area contributed by atoms with E-state index in [2.05, 4.69) is 16.3 Å². The van der Waals surface area contributed by atoms with Crippen LogP contribution in [0.3, 0.4) is 0 Å². The monoisotopic (exact) mass is 170 g/mol. The summed E-state index contributed by atoms with van der Waals surface area (Å²) >= 11 is 0. The van der Waals surface area contributed by atoms with Crippen LogP contribution in [-0.4, -0.2) is 15.0 Å². The molecule has 0 unspecified atom stereocenters. The Kier molecular flexibility index (Phi) is 1.77. The molecule has 0 aliphatic rings. The Balaban J connectivity index is 2.59. The lowest BCUT2D eigenvalue weighted by molar-refractivity contribution is 0.750. The summed E-state index contributed by atoms with van der Waals surface area (Å²) in [6.45, 7) is 0. The molecule has 0 aliphatic carbocycles. The van der Waals surface area contributed by atoms with Crippen molar-refractivity contribution in [2.45, 2.75) is 0 Å². The van der Waals surface area contributed by atoms with Gasteiger partial charge in [-0.2, -0.15) is 20.3 Å². The van der Waals surface area contributed by atoms with Gasteiger partial charge in [0.2, 0.25) is 0 Å². The lowest BCUT2D eigenvalue weighted by Gasteiger charge is -1.99. The molecule has 0 aliphatic heterocycles. The van der Waals surface area contributed by atoms with Gasteiger partial charge in [0.05, 0.1) is 18.0 Å². The highest BCUT2D eigenvalue weighted by Crippen LogP contribution is 2.09. The Morgan fingerprint density at radius 3 is 2.54 bits per heavy atom. The van der Waals surface area contributed by atoms with Crippen molar-refractivity contribution in [1.82, 2.24) is 15.0 Å². The molecule has 0 spiro atoms. The molecule has 1 aromatic carbocycles. The van der Waals surface area contributed by atoms with Crippen molar-refractivity contribution in [1.29, 1.82) is 5.26 Å². The van der Waals surface area contributed by atoms with Crippen molar-refractivity contribution in [3.63, 3.8) is 0 Å². The highest BCUT2D eigenvalue weighted by Gasteiger charge is 2.02. The minimum Gasteiger partial charge on any atom is -0.192 e. The van der Waals surface area contributed by atoms with Crippen LogP contribution in [0.15, 0.2) is 36.7 Å². The fraction of sp³-hybridized carbons (Fsp3) is 0. The van der Waals surface area contributed by atoms with E-state index in [1.165, 1.54) is 4.80 Å². The van der Waals surface area contributed by atoms with E-state index in [1.54, 1.807) is 24.5 Å². The average Bonchev–Trinajstić information content (AvgIpc) is 2.70. The van der Waals surface area contributed by atoms with E-state index in [1.807, 2.05) is 12.1 Å². The first kappa shape index (κ1) is 7.50. The maximum atomic E-state index is 8.80. The molecule has 0 radical (unpaired) electrons. The van der Waals surface area contributed by atoms with E-state index in [-0.39, 0.29) is 0 Å². The fourth-order valence-corrected chi connectivity index (χ4v) is 1.08. The summed E-state index contributed by atoms with van der Waals surface area (Å²) in [5.41, 5.74) is 1.27. The highest BCUT2D eigenvalue weighted by atomic mass is 15.5. The minimum absolute atomic E-state index is 0.568. The Morgan fingerprint density at radius 2 is 1.85 bits per heavy atom. The molecule has 0 saturated heterocycles. The lowest BCUT2D eigenvalue weighted by Crippen LogP contribution is -2.00. The predicted octanol–water partition coefficient (Wildman–Crippen LogP) is 1.14. The van der Waals surface area contributed by atoms with E-state index in [9.17, 15) is 0 Å². The van der Waals surface area contributed by atoms with Gasteiger partial charge in [-0.25, -0.2) is 0 Å². The van der Waals surface area contributed by atoms with Gasteiger partial charge in [0, 0.05) is 0 Å². The van der Waals surface area contributed by atoms with Gasteiger partial charge in [0.1, 0.15) is 11.8 Å². The predicted molar refractivity (Wildman–Crippen MR) is 46.1 cm³/mol. The molecule has 0 amide bonds. The van der Waals surface area contributed by atoms with Gasteiger partial charge in [-0.1, -0.05) is 12.1 Å². The number of hydrogen-bond acceptors (Lipinski definition) is 3. The summed E-state index contributed by atoms with van der Waals surface area (Å²) in [7, 11) is 0. The van der Waals surface area contributed by atoms with Gasteiger partial charge < -0.3 is 0 Å². The van der Waals surface area contributed by atoms with Crippen molar-refractivity contribution in [3.8, 4) is 11.8 Å². The maximum Gasteiger partial charge on any atom is 0.103 e. The second-order valence-electron chi connectivity index (χ2n) is 2.45. The summed E-state index contributed by atoms with van der Waals surface area (Å²) in [4.78, 5) is 1.43. The molecular weight excluding hydrogens is 164 g/mol. The Morgan fingerprint density at radius 1 is 1.15 bits per heavy atom. The number of rotatable bonds is 1. The van der Waals surface area contributed by atoms with E-state index >= 15 is 0 Å². The highest BCUT2D eigenvalue weighted by molar-refractivity contribution is 5.46. The van der Waals surface area contributed by atoms with Crippen LogP contribution in [0.1, 0.15) is 5.56 Å². The van der Waals surface area contributed by atoms with Crippen LogP contribution in [0.2, 0.25) is 0 Å². The molecule has 13 heavy (non-hydrogen) atoms. The third kappa shape index (κ3) is 1.27. The van der Waals surface area contributed by atoms with Crippen LogP contribution in [0.4, 0.5) is 0 Å². The molecular formula is C9H6N4. The largest absolute Gasteiger partial charge is 0.192 e. The van der Waals surface area contributed by atoms with Gasteiger partial charge in [-0.05, 0) is 12.1 Å². The van der Waals surface area contributed by atoms with E-state index < -0.39 is 0 Å². The lowest BCUT2D eigenvalue weighted by atomic mass is 10.2. The first-order chi connectivity index (χ1) is 6.42. The molecule has 4 heteroatoms. The average molecular weight is 170 g/mol. The standard InChI is InChI=1S/C9H6N4/c10-7-8-3-1-2-4-9(8)13-11-5-6-12-13/h1-6H. The molecule has 2 aromatic rings. The topological polar surface area (TPSA) is 54.5 Å². The Hall–Kier alpha value is -2.15. The summed E-state index contributed by atoms with van der Waals surface area (Å²) in [6, 6.07) is 9.28. The third-order valence-corrected chi connectivity index (χ3v) is 1.66. The molecule has 0 N–H and O–H groups in total. The van der Waals surface area contributed by atoms with Gasteiger partial charge in [-0.15, -0.1) is 0 Å². The van der Waals surface area contributed by atoms with Crippen molar-refractivity contribution in [2.24, 2.45) is 0 Å². The number of aromatic nitrogens is 3. The molecule has 4 nitrogen and oxygen atoms in total. The normalized spacial score (nSPS) is 9.46. The molecule has 1 heterocycles. The number of benzene rings is 1. The molecule has 0 atom stereocenters. The molecule has 0 fully saturated rings. The zero-order chi connectivity index (χ0) is 9.10. The summed E-state index contributed by atoms with van der Waals surface area (Å²) in [6.07, 6.45) is 3.16. The quantitative estimate of drug-likeness (QED) is 0.644. The fourth-order valence-electron chi connectivity index (χ4n) is 1.08. The maximum absolute atomic E-state index is 8.80. The summed E-state index contributed by atoms with van der Waals surface area (Å²) in [5.74, 6) is 0. The first-order valence-corrected chi connectivity index (χ1v) is 3.77. The van der Waals surface area contributed by atoms with Crippen molar-refractivity contribution in [3.05, 3.63) is 42.2 Å². The Labute approximate surface area is 75.0 Å². The van der Waals surface area contributed by atoms with Crippen LogP contribution in [0.5, 0.6) is 0 Å². The minimum atomic E-state index is 0.568. The van der Waals surface area contributed by atoms with Crippen LogP contribution in [0.25, 0.3) is 5.69 Å². The second kappa shape index (κ2) is 3.07. The Bertz CT molecular complexity index is 439. The zero-order valence-corrected chi connectivity index (χ0v) is 6.75. The van der Waals surface area contributed by atoms with Gasteiger partial charge in [0.25, 0.3) is 0 Å². The molecule has 0 bridgehead atoms. The van der Waals surface area contributed by atoms with E-state index in [0.717, 1.165) is 0 Å². The summed E-state index contributed by atoms with van der Waals surface area (Å²) in [5, 5.41) is 16.7. The molecule has 1 aromatic heterocycles. The molecule has 2 rings (SSSR count). The smallest absolute Gasteiger partial charge is 0.103 e. The number of hydrogen-bond donors (Lipinski definition) is 0. The molecule has 62 valence electrons. The summed E-state index contributed by atoms with van der Waals surface area (Å²) < 4.78 is 0. The van der Waals surface area contributed by atoms with E-state index in [4.69, 9.17) is 5.26 Å². The van der Waals surface area contributed by atoms with Gasteiger partial charge in [-0.3, -0.25) is 0 Å². The van der Waals surface area contributed by atoms with Crippen LogP contribution < -0.4 is 0 Å². The van der Waals surface area contributed by atoms with E-state index in [0.29, 0.717) is 11.3 Å². The SMILES string of the molecule is N#Cc1ccccc1-n1nccn1. The number of nitriles is 1. The second-order valence-corrected chi connectivity index (χ2v) is 2.45. The number of para-hydroxylation sites is 1. The van der Waals surface area contributed by atoms with Crippen molar-refractivity contribution in [2.75, 3.05) is 0 Å². The van der Waals surface area contributed by atoms with Crippen molar-refractivity contribution >= 4 is 0 Å². The van der Waals surface area contributed by atoms with Gasteiger partial charge in [0.15, 0.2) is 0 Å². The van der Waals surface area contributed by atoms with Crippen molar-refractivity contribution < 1.29 is 0 Å². The van der Waals surface area contributed by atoms with Gasteiger partial charge >= 0.3 is 0 Å². The van der Waals surface area contributed by atoms with Crippen LogP contribution >= 0.6 is 0 Å². The van der Waals surface area contributed by atoms with Crippen LogP contribution in [-0.2, 0) is 0 Å². The van der Waals surface area contributed by atoms with Crippen LogP contribution in [0, 0.1) is 11.3 Å². The number of nitrogens with zero attached hydrogens (tertiary/aromatic N) is 4. The third-order valence-electron chi connectivity index (χ3n) is 1.66. The molecule has 0 saturated carbocycles. The zero-order valence-electron chi connectivity index (χ0n) is 6.75. The first-order valence-electron chi connectivity index (χ1n) is 3.77.